The lowest BCUT2D eigenvalue weighted by molar-refractivity contribution is -0.143. The van der Waals surface area contributed by atoms with Gasteiger partial charge in [-0.1, -0.05) is 13.3 Å². The first-order valence-corrected chi connectivity index (χ1v) is 12.6. The number of nitrogens with one attached hydrogen (secondary N) is 1. The summed E-state index contributed by atoms with van der Waals surface area (Å²) in [5.74, 6) is 1.30. The van der Waals surface area contributed by atoms with Crippen LogP contribution in [0.15, 0.2) is 12.1 Å². The second-order valence-electron chi connectivity index (χ2n) is 10.4. The van der Waals surface area contributed by atoms with Crippen LogP contribution in [0.25, 0.3) is 11.0 Å². The highest BCUT2D eigenvalue weighted by Gasteiger charge is 2.33. The zero-order chi connectivity index (χ0) is 22.2. The van der Waals surface area contributed by atoms with Gasteiger partial charge in [0.25, 0.3) is 0 Å². The van der Waals surface area contributed by atoms with Crippen molar-refractivity contribution in [3.8, 4) is 0 Å². The lowest BCUT2D eigenvalue weighted by Gasteiger charge is -2.31. The molecule has 0 spiro atoms. The maximum absolute atomic E-state index is 11.8. The van der Waals surface area contributed by atoms with Crippen LogP contribution in [0.3, 0.4) is 0 Å². The van der Waals surface area contributed by atoms with Gasteiger partial charge in [-0.05, 0) is 76.3 Å². The van der Waals surface area contributed by atoms with Crippen LogP contribution < -0.4 is 5.32 Å². The Morgan fingerprint density at radius 1 is 1.25 bits per heavy atom. The molecule has 2 aromatic rings. The van der Waals surface area contributed by atoms with Crippen LogP contribution in [0.2, 0.25) is 0 Å². The van der Waals surface area contributed by atoms with Gasteiger partial charge in [-0.25, -0.2) is 4.98 Å². The van der Waals surface area contributed by atoms with Crippen molar-refractivity contribution >= 4 is 22.7 Å². The number of carboxylic acid groups (broad SMARTS) is 1. The standard InChI is InChI=1S/C26H37N3O3/c1-16(14-18-10-12-32-13-11-18)25-28-24-21-7-6-17(2)27-22(21)8-9-23(24)29(25)20-5-3-4-19(15-20)26(30)31/h8-9,16-20,27H,3-7,10-15H2,1-2H3,(H,30,31)/t16?,17-,19?,20?/m0/s1. The van der Waals surface area contributed by atoms with Gasteiger partial charge >= 0.3 is 5.97 Å². The summed E-state index contributed by atoms with van der Waals surface area (Å²) in [6.07, 6.45) is 9.08. The molecule has 1 aliphatic carbocycles. The van der Waals surface area contributed by atoms with Crippen LogP contribution in [0.1, 0.15) is 88.6 Å². The zero-order valence-electron chi connectivity index (χ0n) is 19.5. The number of nitrogens with zero attached hydrogens (tertiary/aromatic N) is 2. The summed E-state index contributed by atoms with van der Waals surface area (Å²) >= 11 is 0. The van der Waals surface area contributed by atoms with E-state index in [0.29, 0.717) is 24.3 Å². The Labute approximate surface area is 190 Å². The number of aromatic nitrogens is 2. The number of hydrogen-bond acceptors (Lipinski definition) is 4. The second-order valence-corrected chi connectivity index (χ2v) is 10.4. The summed E-state index contributed by atoms with van der Waals surface area (Å²) in [7, 11) is 0. The van der Waals surface area contributed by atoms with Gasteiger partial charge in [0.2, 0.25) is 0 Å². The molecule has 1 aromatic heterocycles. The first-order valence-electron chi connectivity index (χ1n) is 12.6. The van der Waals surface area contributed by atoms with Crippen LogP contribution in [0.4, 0.5) is 5.69 Å². The number of hydrogen-bond donors (Lipinski definition) is 2. The third-order valence-electron chi connectivity index (χ3n) is 8.05. The number of rotatable bonds is 5. The van der Waals surface area contributed by atoms with Crippen LogP contribution in [0.5, 0.6) is 0 Å². The predicted molar refractivity (Wildman–Crippen MR) is 126 cm³/mol. The van der Waals surface area contributed by atoms with E-state index in [1.165, 1.54) is 16.8 Å². The average Bonchev–Trinajstić information content (AvgIpc) is 3.20. The molecule has 6 nitrogen and oxygen atoms in total. The number of imidazole rings is 1. The van der Waals surface area contributed by atoms with Crippen LogP contribution in [0, 0.1) is 11.8 Å². The molecule has 5 rings (SSSR count). The molecule has 1 saturated heterocycles. The van der Waals surface area contributed by atoms with Crippen molar-refractivity contribution < 1.29 is 14.6 Å². The number of benzene rings is 1. The molecule has 32 heavy (non-hydrogen) atoms. The Balaban J connectivity index is 1.55. The molecule has 1 saturated carbocycles. The van der Waals surface area contributed by atoms with E-state index in [1.54, 1.807) is 0 Å². The van der Waals surface area contributed by atoms with E-state index >= 15 is 0 Å². The third kappa shape index (κ3) is 4.14. The fourth-order valence-electron chi connectivity index (χ4n) is 6.26. The van der Waals surface area contributed by atoms with Gasteiger partial charge in [0.05, 0.1) is 17.0 Å². The first-order chi connectivity index (χ1) is 15.5. The maximum Gasteiger partial charge on any atom is 0.306 e. The van der Waals surface area contributed by atoms with E-state index < -0.39 is 5.97 Å². The van der Waals surface area contributed by atoms with Crippen LogP contribution in [-0.2, 0) is 16.0 Å². The van der Waals surface area contributed by atoms with Crippen molar-refractivity contribution in [2.75, 3.05) is 18.5 Å². The van der Waals surface area contributed by atoms with Gasteiger partial charge in [-0.15, -0.1) is 0 Å². The molecule has 0 radical (unpaired) electrons. The monoisotopic (exact) mass is 439 g/mol. The molecule has 0 amide bonds. The van der Waals surface area contributed by atoms with Crippen molar-refractivity contribution in [2.45, 2.75) is 89.6 Å². The summed E-state index contributed by atoms with van der Waals surface area (Å²) < 4.78 is 8.03. The Morgan fingerprint density at radius 3 is 2.84 bits per heavy atom. The molecule has 4 atom stereocenters. The normalized spacial score (nSPS) is 27.6. The minimum absolute atomic E-state index is 0.218. The Hall–Kier alpha value is -2.08. The smallest absolute Gasteiger partial charge is 0.306 e. The topological polar surface area (TPSA) is 76.4 Å². The maximum atomic E-state index is 11.8. The Kier molecular flexibility index (Phi) is 6.15. The summed E-state index contributed by atoms with van der Waals surface area (Å²) in [6.45, 7) is 6.29. The van der Waals surface area contributed by atoms with E-state index in [9.17, 15) is 9.90 Å². The highest BCUT2D eigenvalue weighted by Crippen LogP contribution is 2.41. The van der Waals surface area contributed by atoms with Crippen molar-refractivity contribution in [1.29, 1.82) is 0 Å². The van der Waals surface area contributed by atoms with Crippen LogP contribution in [-0.4, -0.2) is 39.9 Å². The summed E-state index contributed by atoms with van der Waals surface area (Å²) in [4.78, 5) is 17.1. The lowest BCUT2D eigenvalue weighted by Crippen LogP contribution is -2.26. The molecule has 3 heterocycles. The highest BCUT2D eigenvalue weighted by molar-refractivity contribution is 5.86. The Morgan fingerprint density at radius 2 is 2.06 bits per heavy atom. The molecular weight excluding hydrogens is 402 g/mol. The van der Waals surface area contributed by atoms with Gasteiger partial charge < -0.3 is 19.7 Å². The number of fused-ring (bicyclic) bond motifs is 3. The fourth-order valence-corrected chi connectivity index (χ4v) is 6.26. The number of ether oxygens (including phenoxy) is 1. The number of aliphatic carboxylic acids is 1. The van der Waals surface area contributed by atoms with Crippen molar-refractivity contribution in [3.63, 3.8) is 0 Å². The highest BCUT2D eigenvalue weighted by atomic mass is 16.5. The molecule has 174 valence electrons. The number of carbonyl (C=O) groups is 1. The minimum Gasteiger partial charge on any atom is -0.481 e. The quantitative estimate of drug-likeness (QED) is 0.642. The molecule has 6 heteroatoms. The largest absolute Gasteiger partial charge is 0.481 e. The number of carboxylic acids is 1. The number of anilines is 1. The molecule has 3 unspecified atom stereocenters. The predicted octanol–water partition coefficient (Wildman–Crippen LogP) is 5.52. The minimum atomic E-state index is -0.647. The molecular formula is C26H37N3O3. The molecule has 0 bridgehead atoms. The first kappa shape index (κ1) is 21.7. The van der Waals surface area contributed by atoms with Crippen molar-refractivity contribution in [3.05, 3.63) is 23.5 Å². The van der Waals surface area contributed by atoms with E-state index in [2.05, 4.69) is 35.9 Å². The lowest BCUT2D eigenvalue weighted by atomic mass is 9.84. The van der Waals surface area contributed by atoms with Gasteiger partial charge in [-0.3, -0.25) is 4.79 Å². The van der Waals surface area contributed by atoms with Gasteiger partial charge in [-0.2, -0.15) is 0 Å². The fraction of sp³-hybridized carbons (Fsp3) is 0.692. The van der Waals surface area contributed by atoms with E-state index in [-0.39, 0.29) is 12.0 Å². The van der Waals surface area contributed by atoms with Gasteiger partial charge in [0.1, 0.15) is 5.82 Å². The van der Waals surface area contributed by atoms with E-state index in [0.717, 1.165) is 75.9 Å². The SMILES string of the molecule is CC(CC1CCOCC1)c1nc2c3c(ccc2n1C1CCCC(C(=O)O)C1)N[C@@H](C)CC3. The molecule has 2 aliphatic heterocycles. The average molecular weight is 440 g/mol. The van der Waals surface area contributed by atoms with E-state index in [4.69, 9.17) is 9.72 Å². The molecule has 3 aliphatic rings. The van der Waals surface area contributed by atoms with Gasteiger partial charge in [0, 0.05) is 42.5 Å². The van der Waals surface area contributed by atoms with Crippen molar-refractivity contribution in [2.24, 2.45) is 11.8 Å². The molecule has 1 aromatic carbocycles. The summed E-state index contributed by atoms with van der Waals surface area (Å²) in [5.41, 5.74) is 4.89. The third-order valence-corrected chi connectivity index (χ3v) is 8.05. The summed E-state index contributed by atoms with van der Waals surface area (Å²) in [5, 5.41) is 13.3. The number of aryl methyl sites for hydroxylation is 1. The molecule has 2 N–H and O–H groups in total. The second kappa shape index (κ2) is 9.05. The van der Waals surface area contributed by atoms with Gasteiger partial charge in [0.15, 0.2) is 0 Å². The molecule has 2 fully saturated rings. The summed E-state index contributed by atoms with van der Waals surface area (Å²) in [6, 6.07) is 5.15. The Bertz CT molecular complexity index is 978. The zero-order valence-corrected chi connectivity index (χ0v) is 19.5. The van der Waals surface area contributed by atoms with Crippen LogP contribution >= 0.6 is 0 Å². The van der Waals surface area contributed by atoms with E-state index in [1.807, 2.05) is 0 Å². The van der Waals surface area contributed by atoms with Crippen molar-refractivity contribution in [1.82, 2.24) is 9.55 Å².